The molecule has 0 saturated heterocycles. The van der Waals surface area contributed by atoms with Gasteiger partial charge >= 0.3 is 0 Å². The second-order valence-electron chi connectivity index (χ2n) is 4.97. The molecule has 1 amide bonds. The summed E-state index contributed by atoms with van der Waals surface area (Å²) in [6, 6.07) is 14.8. The molecule has 1 heterocycles. The van der Waals surface area contributed by atoms with E-state index in [1.54, 1.807) is 18.2 Å². The SMILES string of the molecule is O=C(NCc1ccc(Br)cc1)c1n[nH]nc1Nc1cccc(Cl)c1. The Morgan fingerprint density at radius 2 is 1.96 bits per heavy atom. The van der Waals surface area contributed by atoms with Crippen LogP contribution in [0, 0.1) is 0 Å². The number of H-pyrrole nitrogens is 1. The van der Waals surface area contributed by atoms with Crippen molar-refractivity contribution < 1.29 is 4.79 Å². The second-order valence-corrected chi connectivity index (χ2v) is 6.32. The van der Waals surface area contributed by atoms with Gasteiger partial charge in [0.15, 0.2) is 11.5 Å². The van der Waals surface area contributed by atoms with Crippen molar-refractivity contribution in [1.82, 2.24) is 20.7 Å². The number of aromatic amines is 1. The highest BCUT2D eigenvalue weighted by molar-refractivity contribution is 9.10. The highest BCUT2D eigenvalue weighted by Gasteiger charge is 2.16. The minimum Gasteiger partial charge on any atom is -0.346 e. The van der Waals surface area contributed by atoms with Crippen molar-refractivity contribution in [1.29, 1.82) is 0 Å². The Kier molecular flexibility index (Phi) is 5.12. The molecular weight excluding hydrogens is 394 g/mol. The molecule has 0 radical (unpaired) electrons. The molecule has 3 N–H and O–H groups in total. The highest BCUT2D eigenvalue weighted by atomic mass is 79.9. The van der Waals surface area contributed by atoms with Crippen LogP contribution in [0.15, 0.2) is 53.0 Å². The molecule has 0 aliphatic heterocycles. The lowest BCUT2D eigenvalue weighted by Crippen LogP contribution is -2.24. The maximum atomic E-state index is 12.3. The van der Waals surface area contributed by atoms with Gasteiger partial charge in [0.2, 0.25) is 0 Å². The fraction of sp³-hybridized carbons (Fsp3) is 0.0625. The molecule has 6 nitrogen and oxygen atoms in total. The number of nitrogens with zero attached hydrogens (tertiary/aromatic N) is 2. The minimum absolute atomic E-state index is 0.187. The van der Waals surface area contributed by atoms with Gasteiger partial charge in [0.25, 0.3) is 5.91 Å². The molecule has 24 heavy (non-hydrogen) atoms. The highest BCUT2D eigenvalue weighted by Crippen LogP contribution is 2.20. The molecule has 0 bridgehead atoms. The lowest BCUT2D eigenvalue weighted by atomic mass is 10.2. The van der Waals surface area contributed by atoms with Crippen molar-refractivity contribution in [3.05, 3.63) is 69.3 Å². The zero-order valence-electron chi connectivity index (χ0n) is 12.4. The Hall–Kier alpha value is -2.38. The molecule has 0 aliphatic rings. The Morgan fingerprint density at radius 1 is 1.17 bits per heavy atom. The summed E-state index contributed by atoms with van der Waals surface area (Å²) in [5, 5.41) is 16.8. The topological polar surface area (TPSA) is 82.7 Å². The first-order valence-electron chi connectivity index (χ1n) is 7.08. The van der Waals surface area contributed by atoms with Crippen molar-refractivity contribution >= 4 is 44.9 Å². The van der Waals surface area contributed by atoms with Crippen LogP contribution in [0.3, 0.4) is 0 Å². The van der Waals surface area contributed by atoms with E-state index >= 15 is 0 Å². The Labute approximate surface area is 151 Å². The number of benzene rings is 2. The molecule has 1 aromatic heterocycles. The zero-order valence-corrected chi connectivity index (χ0v) is 14.7. The van der Waals surface area contributed by atoms with Crippen LogP contribution in [0.2, 0.25) is 5.02 Å². The van der Waals surface area contributed by atoms with Crippen LogP contribution in [-0.4, -0.2) is 21.3 Å². The van der Waals surface area contributed by atoms with Crippen LogP contribution < -0.4 is 10.6 Å². The van der Waals surface area contributed by atoms with E-state index in [0.717, 1.165) is 15.7 Å². The fourth-order valence-electron chi connectivity index (χ4n) is 2.05. The van der Waals surface area contributed by atoms with Gasteiger partial charge in [0.1, 0.15) is 0 Å². The molecule has 0 fully saturated rings. The van der Waals surface area contributed by atoms with Crippen LogP contribution in [0.25, 0.3) is 0 Å². The molecule has 0 spiro atoms. The lowest BCUT2D eigenvalue weighted by molar-refractivity contribution is 0.0946. The van der Waals surface area contributed by atoms with Crippen molar-refractivity contribution in [2.24, 2.45) is 0 Å². The number of nitrogens with one attached hydrogen (secondary N) is 3. The molecule has 122 valence electrons. The number of carbonyl (C=O) groups is 1. The van der Waals surface area contributed by atoms with Gasteiger partial charge in [0, 0.05) is 21.7 Å². The van der Waals surface area contributed by atoms with Crippen molar-refractivity contribution in [3.8, 4) is 0 Å². The van der Waals surface area contributed by atoms with E-state index in [4.69, 9.17) is 11.6 Å². The number of hydrogen-bond acceptors (Lipinski definition) is 4. The largest absolute Gasteiger partial charge is 0.346 e. The van der Waals surface area contributed by atoms with E-state index in [1.807, 2.05) is 30.3 Å². The average Bonchev–Trinajstić information content (AvgIpc) is 3.02. The number of amides is 1. The van der Waals surface area contributed by atoms with E-state index in [1.165, 1.54) is 0 Å². The maximum absolute atomic E-state index is 12.3. The molecular formula is C16H13BrClN5O. The molecule has 0 unspecified atom stereocenters. The van der Waals surface area contributed by atoms with Gasteiger partial charge in [-0.05, 0) is 35.9 Å². The van der Waals surface area contributed by atoms with Gasteiger partial charge in [-0.3, -0.25) is 4.79 Å². The second kappa shape index (κ2) is 7.46. The Bertz CT molecular complexity index is 850. The monoisotopic (exact) mass is 405 g/mol. The summed E-state index contributed by atoms with van der Waals surface area (Å²) in [5.74, 6) is 0.0155. The molecule has 8 heteroatoms. The fourth-order valence-corrected chi connectivity index (χ4v) is 2.50. The summed E-state index contributed by atoms with van der Waals surface area (Å²) in [4.78, 5) is 12.3. The summed E-state index contributed by atoms with van der Waals surface area (Å²) < 4.78 is 0.988. The van der Waals surface area contributed by atoms with Gasteiger partial charge in [-0.25, -0.2) is 0 Å². The summed E-state index contributed by atoms with van der Waals surface area (Å²) in [6.45, 7) is 0.398. The van der Waals surface area contributed by atoms with E-state index in [2.05, 4.69) is 42.0 Å². The van der Waals surface area contributed by atoms with E-state index in [0.29, 0.717) is 17.4 Å². The van der Waals surface area contributed by atoms with Gasteiger partial charge in [-0.1, -0.05) is 45.7 Å². The third kappa shape index (κ3) is 4.12. The number of hydrogen-bond donors (Lipinski definition) is 3. The lowest BCUT2D eigenvalue weighted by Gasteiger charge is -2.07. The van der Waals surface area contributed by atoms with Gasteiger partial charge in [0.05, 0.1) is 0 Å². The normalized spacial score (nSPS) is 10.4. The molecule has 3 rings (SSSR count). The van der Waals surface area contributed by atoms with Crippen LogP contribution >= 0.6 is 27.5 Å². The molecule has 0 saturated carbocycles. The summed E-state index contributed by atoms with van der Waals surface area (Å²) >= 11 is 9.33. The van der Waals surface area contributed by atoms with Gasteiger partial charge in [-0.2, -0.15) is 5.21 Å². The first-order valence-corrected chi connectivity index (χ1v) is 8.25. The predicted molar refractivity (Wildman–Crippen MR) is 96.4 cm³/mol. The summed E-state index contributed by atoms with van der Waals surface area (Å²) in [6.07, 6.45) is 0. The first-order chi connectivity index (χ1) is 11.6. The third-order valence-corrected chi connectivity index (χ3v) is 3.98. The standard InChI is InChI=1S/C16H13BrClN5O/c17-11-6-4-10(5-7-11)9-19-16(24)14-15(22-23-21-14)20-13-3-1-2-12(18)8-13/h1-8H,9H2,(H,19,24)(H2,20,21,22,23). The molecule has 0 atom stereocenters. The van der Waals surface area contributed by atoms with Crippen LogP contribution in [-0.2, 0) is 6.54 Å². The first kappa shape index (κ1) is 16.5. The summed E-state index contributed by atoms with van der Waals surface area (Å²) in [5.41, 5.74) is 1.89. The van der Waals surface area contributed by atoms with Gasteiger partial charge in [-0.15, -0.1) is 10.2 Å². The van der Waals surface area contributed by atoms with Crippen molar-refractivity contribution in [3.63, 3.8) is 0 Å². The Morgan fingerprint density at radius 3 is 2.71 bits per heavy atom. The zero-order chi connectivity index (χ0) is 16.9. The summed E-state index contributed by atoms with van der Waals surface area (Å²) in [7, 11) is 0. The smallest absolute Gasteiger partial charge is 0.275 e. The molecule has 0 aliphatic carbocycles. The van der Waals surface area contributed by atoms with E-state index in [-0.39, 0.29) is 11.6 Å². The molecule has 2 aromatic carbocycles. The number of anilines is 2. The van der Waals surface area contributed by atoms with E-state index < -0.39 is 0 Å². The number of aromatic nitrogens is 3. The quantitative estimate of drug-likeness (QED) is 0.600. The van der Waals surface area contributed by atoms with Crippen LogP contribution in [0.1, 0.15) is 16.1 Å². The van der Waals surface area contributed by atoms with Crippen molar-refractivity contribution in [2.45, 2.75) is 6.54 Å². The number of rotatable bonds is 5. The van der Waals surface area contributed by atoms with Gasteiger partial charge < -0.3 is 10.6 Å². The van der Waals surface area contributed by atoms with Crippen molar-refractivity contribution in [2.75, 3.05) is 5.32 Å². The van der Waals surface area contributed by atoms with Crippen LogP contribution in [0.5, 0.6) is 0 Å². The van der Waals surface area contributed by atoms with Crippen LogP contribution in [0.4, 0.5) is 11.5 Å². The van der Waals surface area contributed by atoms with E-state index in [9.17, 15) is 4.79 Å². The number of carbonyl (C=O) groups excluding carboxylic acids is 1. The minimum atomic E-state index is -0.323. The Balaban J connectivity index is 1.67. The maximum Gasteiger partial charge on any atom is 0.275 e. The predicted octanol–water partition coefficient (Wildman–Crippen LogP) is 3.89. The average molecular weight is 407 g/mol. The molecule has 3 aromatic rings. The third-order valence-electron chi connectivity index (χ3n) is 3.22. The number of halogens is 2.